The van der Waals surface area contributed by atoms with Gasteiger partial charge < -0.3 is 10.6 Å². The molecule has 24 heavy (non-hydrogen) atoms. The van der Waals surface area contributed by atoms with Gasteiger partial charge >= 0.3 is 0 Å². The smallest absolute Gasteiger partial charge is 0.191 e. The van der Waals surface area contributed by atoms with Gasteiger partial charge in [0.1, 0.15) is 5.82 Å². The van der Waals surface area contributed by atoms with Crippen molar-refractivity contribution in [1.29, 1.82) is 0 Å². The SMILES string of the molecule is CCc1nc2n(n1)CC(NC(=NC)NCC1(C)CCCC1)CC2.I. The Hall–Kier alpha value is -0.860. The Balaban J connectivity index is 0.00000208. The first-order chi connectivity index (χ1) is 11.1. The third-order valence-electron chi connectivity index (χ3n) is 5.28. The second-order valence-electron chi connectivity index (χ2n) is 7.30. The van der Waals surface area contributed by atoms with Crippen molar-refractivity contribution in [3.05, 3.63) is 11.6 Å². The largest absolute Gasteiger partial charge is 0.356 e. The van der Waals surface area contributed by atoms with Gasteiger partial charge in [0.2, 0.25) is 0 Å². The first-order valence-corrected chi connectivity index (χ1v) is 9.02. The molecular formula is C17H31IN6. The Morgan fingerprint density at radius 1 is 1.38 bits per heavy atom. The second-order valence-corrected chi connectivity index (χ2v) is 7.30. The molecule has 1 atom stereocenters. The molecule has 3 rings (SSSR count). The van der Waals surface area contributed by atoms with Crippen LogP contribution in [0.2, 0.25) is 0 Å². The van der Waals surface area contributed by atoms with Crippen molar-refractivity contribution in [2.45, 2.75) is 71.4 Å². The summed E-state index contributed by atoms with van der Waals surface area (Å²) in [5.41, 5.74) is 0.430. The summed E-state index contributed by atoms with van der Waals surface area (Å²) in [7, 11) is 1.85. The fraction of sp³-hybridized carbons (Fsp3) is 0.824. The van der Waals surface area contributed by atoms with Gasteiger partial charge in [0.05, 0.1) is 6.54 Å². The molecule has 1 aliphatic heterocycles. The number of hydrogen-bond acceptors (Lipinski definition) is 3. The molecule has 0 radical (unpaired) electrons. The molecule has 0 amide bonds. The molecule has 0 spiro atoms. The van der Waals surface area contributed by atoms with E-state index in [0.717, 1.165) is 50.0 Å². The lowest BCUT2D eigenvalue weighted by Crippen LogP contribution is -2.49. The van der Waals surface area contributed by atoms with Gasteiger partial charge in [0, 0.05) is 32.5 Å². The highest BCUT2D eigenvalue weighted by Crippen LogP contribution is 2.36. The molecule has 136 valence electrons. The zero-order chi connectivity index (χ0) is 16.3. The predicted molar refractivity (Wildman–Crippen MR) is 108 cm³/mol. The quantitative estimate of drug-likeness (QED) is 0.424. The van der Waals surface area contributed by atoms with Crippen molar-refractivity contribution >= 4 is 29.9 Å². The van der Waals surface area contributed by atoms with Crippen molar-refractivity contribution in [3.8, 4) is 0 Å². The number of nitrogens with zero attached hydrogens (tertiary/aromatic N) is 4. The Morgan fingerprint density at radius 3 is 2.79 bits per heavy atom. The molecule has 0 saturated heterocycles. The molecule has 2 aliphatic rings. The minimum absolute atomic E-state index is 0. The van der Waals surface area contributed by atoms with Crippen molar-refractivity contribution < 1.29 is 0 Å². The first kappa shape index (κ1) is 19.5. The number of aliphatic imine (C=N–C) groups is 1. The number of fused-ring (bicyclic) bond motifs is 1. The summed E-state index contributed by atoms with van der Waals surface area (Å²) >= 11 is 0. The fourth-order valence-corrected chi connectivity index (χ4v) is 3.72. The van der Waals surface area contributed by atoms with Gasteiger partial charge in [-0.15, -0.1) is 24.0 Å². The van der Waals surface area contributed by atoms with E-state index in [2.05, 4.69) is 44.2 Å². The molecule has 0 bridgehead atoms. The molecule has 2 N–H and O–H groups in total. The highest BCUT2D eigenvalue weighted by atomic mass is 127. The van der Waals surface area contributed by atoms with E-state index in [0.29, 0.717) is 11.5 Å². The zero-order valence-electron chi connectivity index (χ0n) is 15.1. The monoisotopic (exact) mass is 446 g/mol. The molecule has 6 nitrogen and oxygen atoms in total. The van der Waals surface area contributed by atoms with Crippen LogP contribution in [-0.2, 0) is 19.4 Å². The van der Waals surface area contributed by atoms with E-state index in [1.54, 1.807) is 0 Å². The summed E-state index contributed by atoms with van der Waals surface area (Å²) in [6.07, 6.45) is 8.34. The zero-order valence-corrected chi connectivity index (χ0v) is 17.5. The molecule has 1 saturated carbocycles. The predicted octanol–water partition coefficient (Wildman–Crippen LogP) is 2.52. The molecule has 1 aromatic heterocycles. The van der Waals surface area contributed by atoms with Crippen LogP contribution < -0.4 is 10.6 Å². The summed E-state index contributed by atoms with van der Waals surface area (Å²) in [6, 6.07) is 0.372. The molecular weight excluding hydrogens is 415 g/mol. The van der Waals surface area contributed by atoms with E-state index in [-0.39, 0.29) is 24.0 Å². The number of aromatic nitrogens is 3. The summed E-state index contributed by atoms with van der Waals surface area (Å²) in [5.74, 6) is 3.00. The van der Waals surface area contributed by atoms with Gasteiger partial charge in [0.25, 0.3) is 0 Å². The lowest BCUT2D eigenvalue weighted by Gasteiger charge is -2.28. The van der Waals surface area contributed by atoms with E-state index in [4.69, 9.17) is 0 Å². The maximum Gasteiger partial charge on any atom is 0.191 e. The van der Waals surface area contributed by atoms with Gasteiger partial charge in [-0.1, -0.05) is 26.7 Å². The van der Waals surface area contributed by atoms with Gasteiger partial charge in [-0.2, -0.15) is 5.10 Å². The van der Waals surface area contributed by atoms with Crippen LogP contribution in [0.15, 0.2) is 4.99 Å². The van der Waals surface area contributed by atoms with Crippen molar-refractivity contribution in [2.24, 2.45) is 10.4 Å². The molecule has 1 fully saturated rings. The number of guanidine groups is 1. The van der Waals surface area contributed by atoms with E-state index in [9.17, 15) is 0 Å². The molecule has 7 heteroatoms. The standard InChI is InChI=1S/C17H30N6.HI/c1-4-14-21-15-8-7-13(11-23(15)22-14)20-16(18-3)19-12-17(2)9-5-6-10-17;/h13H,4-12H2,1-3H3,(H2,18,19,20);1H. The number of nitrogens with one attached hydrogen (secondary N) is 2. The third-order valence-corrected chi connectivity index (χ3v) is 5.28. The minimum Gasteiger partial charge on any atom is -0.356 e. The minimum atomic E-state index is 0. The Labute approximate surface area is 162 Å². The van der Waals surface area contributed by atoms with Gasteiger partial charge in [-0.25, -0.2) is 9.67 Å². The maximum absolute atomic E-state index is 4.58. The van der Waals surface area contributed by atoms with E-state index < -0.39 is 0 Å². The molecule has 1 unspecified atom stereocenters. The third kappa shape index (κ3) is 4.61. The highest BCUT2D eigenvalue weighted by molar-refractivity contribution is 14.0. The van der Waals surface area contributed by atoms with Crippen LogP contribution in [0.3, 0.4) is 0 Å². The van der Waals surface area contributed by atoms with Crippen LogP contribution in [0.4, 0.5) is 0 Å². The van der Waals surface area contributed by atoms with Crippen LogP contribution in [0, 0.1) is 5.41 Å². The van der Waals surface area contributed by atoms with Crippen LogP contribution in [-0.4, -0.2) is 40.4 Å². The van der Waals surface area contributed by atoms with Crippen molar-refractivity contribution in [1.82, 2.24) is 25.4 Å². The van der Waals surface area contributed by atoms with Gasteiger partial charge in [0.15, 0.2) is 11.8 Å². The molecule has 1 aliphatic carbocycles. The summed E-state index contributed by atoms with van der Waals surface area (Å²) in [6.45, 7) is 6.37. The van der Waals surface area contributed by atoms with Gasteiger partial charge in [-0.05, 0) is 24.7 Å². The van der Waals surface area contributed by atoms with Crippen LogP contribution >= 0.6 is 24.0 Å². The first-order valence-electron chi connectivity index (χ1n) is 9.02. The highest BCUT2D eigenvalue weighted by Gasteiger charge is 2.29. The van der Waals surface area contributed by atoms with Crippen LogP contribution in [0.1, 0.15) is 57.6 Å². The normalized spacial score (nSPS) is 22.6. The number of halogens is 1. The van der Waals surface area contributed by atoms with Crippen molar-refractivity contribution in [2.75, 3.05) is 13.6 Å². The molecule has 1 aromatic rings. The second kappa shape index (κ2) is 8.49. The van der Waals surface area contributed by atoms with Gasteiger partial charge in [-0.3, -0.25) is 4.99 Å². The summed E-state index contributed by atoms with van der Waals surface area (Å²) < 4.78 is 2.06. The molecule has 2 heterocycles. The Morgan fingerprint density at radius 2 is 2.12 bits per heavy atom. The lowest BCUT2D eigenvalue weighted by molar-refractivity contribution is 0.331. The number of hydrogen-bond donors (Lipinski definition) is 2. The topological polar surface area (TPSA) is 67.1 Å². The van der Waals surface area contributed by atoms with Crippen LogP contribution in [0.5, 0.6) is 0 Å². The van der Waals surface area contributed by atoms with Crippen molar-refractivity contribution in [3.63, 3.8) is 0 Å². The average molecular weight is 446 g/mol. The number of aryl methyl sites for hydroxylation is 2. The van der Waals surface area contributed by atoms with E-state index >= 15 is 0 Å². The summed E-state index contributed by atoms with van der Waals surface area (Å²) in [5, 5.41) is 11.7. The molecule has 0 aromatic carbocycles. The maximum atomic E-state index is 4.58. The Kier molecular flexibility index (Phi) is 6.88. The summed E-state index contributed by atoms with van der Waals surface area (Å²) in [4.78, 5) is 8.98. The van der Waals surface area contributed by atoms with E-state index in [1.807, 2.05) is 7.05 Å². The van der Waals surface area contributed by atoms with Crippen LogP contribution in [0.25, 0.3) is 0 Å². The Bertz CT molecular complexity index is 561. The van der Waals surface area contributed by atoms with E-state index in [1.165, 1.54) is 25.7 Å². The lowest BCUT2D eigenvalue weighted by atomic mass is 9.89. The average Bonchev–Trinajstić information content (AvgIpc) is 3.17. The number of rotatable bonds is 4. The fourth-order valence-electron chi connectivity index (χ4n) is 3.72.